The normalized spacial score (nSPS) is 35.0. The minimum atomic E-state index is 0.958. The molecule has 0 aliphatic heterocycles. The van der Waals surface area contributed by atoms with Gasteiger partial charge >= 0.3 is 0 Å². The summed E-state index contributed by atoms with van der Waals surface area (Å²) >= 11 is 2.11. The Morgan fingerprint density at radius 2 is 1.57 bits per heavy atom. The summed E-state index contributed by atoms with van der Waals surface area (Å²) in [6, 6.07) is 10.9. The van der Waals surface area contributed by atoms with Crippen LogP contribution in [0.25, 0.3) is 0 Å². The van der Waals surface area contributed by atoms with Gasteiger partial charge in [-0.3, -0.25) is 0 Å². The second-order valence-electron chi connectivity index (χ2n) is 4.51. The van der Waals surface area contributed by atoms with E-state index in [0.29, 0.717) is 0 Å². The van der Waals surface area contributed by atoms with E-state index in [-0.39, 0.29) is 0 Å². The van der Waals surface area contributed by atoms with Crippen LogP contribution in [0, 0.1) is 11.8 Å². The second-order valence-corrected chi connectivity index (χ2v) is 5.76. The third-order valence-corrected chi connectivity index (χ3v) is 5.11. The first-order valence-corrected chi connectivity index (χ1v) is 6.55. The topological polar surface area (TPSA) is 0 Å². The van der Waals surface area contributed by atoms with E-state index in [1.165, 1.54) is 30.6 Å². The first-order valence-electron chi connectivity index (χ1n) is 5.67. The molecule has 2 fully saturated rings. The molecule has 0 spiro atoms. The van der Waals surface area contributed by atoms with E-state index >= 15 is 0 Å². The molecule has 0 saturated heterocycles. The zero-order chi connectivity index (χ0) is 9.38. The number of hydrogen-bond acceptors (Lipinski definition) is 1. The highest BCUT2D eigenvalue weighted by atomic mass is 32.2. The van der Waals surface area contributed by atoms with Crippen LogP contribution in [0.2, 0.25) is 0 Å². The SMILES string of the molecule is c1ccc(SC2C3CCCCC32)cc1. The Morgan fingerprint density at radius 1 is 0.929 bits per heavy atom. The highest BCUT2D eigenvalue weighted by Gasteiger charge is 2.50. The second kappa shape index (κ2) is 3.62. The van der Waals surface area contributed by atoms with Gasteiger partial charge < -0.3 is 0 Å². The van der Waals surface area contributed by atoms with Gasteiger partial charge in [-0.15, -0.1) is 11.8 Å². The van der Waals surface area contributed by atoms with Crippen molar-refractivity contribution >= 4 is 11.8 Å². The fourth-order valence-electron chi connectivity index (χ4n) is 2.76. The maximum absolute atomic E-state index is 2.25. The van der Waals surface area contributed by atoms with Crippen LogP contribution in [-0.4, -0.2) is 5.25 Å². The molecule has 0 nitrogen and oxygen atoms in total. The Hall–Kier alpha value is -0.430. The predicted molar refractivity (Wildman–Crippen MR) is 61.5 cm³/mol. The molecule has 2 aliphatic carbocycles. The summed E-state index contributed by atoms with van der Waals surface area (Å²) in [7, 11) is 0. The zero-order valence-corrected chi connectivity index (χ0v) is 9.17. The van der Waals surface area contributed by atoms with Crippen molar-refractivity contribution in [2.45, 2.75) is 35.8 Å². The average Bonchev–Trinajstić information content (AvgIpc) is 2.94. The Bertz CT molecular complexity index is 294. The van der Waals surface area contributed by atoms with Gasteiger partial charge in [0.2, 0.25) is 0 Å². The zero-order valence-electron chi connectivity index (χ0n) is 8.36. The van der Waals surface area contributed by atoms with Crippen LogP contribution < -0.4 is 0 Å². The van der Waals surface area contributed by atoms with E-state index in [1.54, 1.807) is 0 Å². The molecule has 74 valence electrons. The van der Waals surface area contributed by atoms with Crippen LogP contribution in [0.5, 0.6) is 0 Å². The molecule has 1 aromatic carbocycles. The lowest BCUT2D eigenvalue weighted by Crippen LogP contribution is -1.91. The Balaban J connectivity index is 1.64. The molecule has 2 saturated carbocycles. The van der Waals surface area contributed by atoms with Crippen LogP contribution in [0.3, 0.4) is 0 Å². The van der Waals surface area contributed by atoms with Crippen molar-refractivity contribution < 1.29 is 0 Å². The summed E-state index contributed by atoms with van der Waals surface area (Å²) in [5.74, 6) is 2.13. The van der Waals surface area contributed by atoms with Crippen LogP contribution in [0.4, 0.5) is 0 Å². The summed E-state index contributed by atoms with van der Waals surface area (Å²) in [5, 5.41) is 0.958. The monoisotopic (exact) mass is 204 g/mol. The maximum atomic E-state index is 2.25. The third-order valence-electron chi connectivity index (χ3n) is 3.59. The molecule has 14 heavy (non-hydrogen) atoms. The molecule has 0 aromatic heterocycles. The lowest BCUT2D eigenvalue weighted by atomic mass is 10.0. The van der Waals surface area contributed by atoms with Gasteiger partial charge in [-0.05, 0) is 36.8 Å². The van der Waals surface area contributed by atoms with Crippen molar-refractivity contribution in [3.63, 3.8) is 0 Å². The maximum Gasteiger partial charge on any atom is 0.0157 e. The highest BCUT2D eigenvalue weighted by Crippen LogP contribution is 2.57. The molecule has 2 atom stereocenters. The summed E-state index contributed by atoms with van der Waals surface area (Å²) in [4.78, 5) is 1.46. The van der Waals surface area contributed by atoms with E-state index in [4.69, 9.17) is 0 Å². The van der Waals surface area contributed by atoms with Gasteiger partial charge in [0.25, 0.3) is 0 Å². The minimum absolute atomic E-state index is 0.958. The standard InChI is InChI=1S/C13H16S/c1-2-6-10(7-3-1)14-13-11-8-4-5-9-12(11)13/h1-3,6-7,11-13H,4-5,8-9H2. The predicted octanol–water partition coefficient (Wildman–Crippen LogP) is 3.97. The van der Waals surface area contributed by atoms with Crippen LogP contribution in [0.15, 0.2) is 35.2 Å². The summed E-state index contributed by atoms with van der Waals surface area (Å²) in [5.41, 5.74) is 0. The average molecular weight is 204 g/mol. The number of fused-ring (bicyclic) bond motifs is 1. The van der Waals surface area contributed by atoms with Crippen LogP contribution >= 0.6 is 11.8 Å². The molecule has 0 N–H and O–H groups in total. The molecule has 0 bridgehead atoms. The highest BCUT2D eigenvalue weighted by molar-refractivity contribution is 8.00. The van der Waals surface area contributed by atoms with Gasteiger partial charge in [-0.25, -0.2) is 0 Å². The number of benzene rings is 1. The first-order chi connectivity index (χ1) is 6.95. The molecular formula is C13H16S. The van der Waals surface area contributed by atoms with Gasteiger partial charge in [-0.2, -0.15) is 0 Å². The van der Waals surface area contributed by atoms with E-state index < -0.39 is 0 Å². The number of hydrogen-bond donors (Lipinski definition) is 0. The minimum Gasteiger partial charge on any atom is -0.122 e. The van der Waals surface area contributed by atoms with Gasteiger partial charge in [0, 0.05) is 10.1 Å². The molecule has 3 rings (SSSR count). The Kier molecular flexibility index (Phi) is 2.28. The Morgan fingerprint density at radius 3 is 2.21 bits per heavy atom. The Labute approximate surface area is 90.1 Å². The third kappa shape index (κ3) is 1.58. The fourth-order valence-corrected chi connectivity index (χ4v) is 4.32. The van der Waals surface area contributed by atoms with Crippen molar-refractivity contribution in [3.8, 4) is 0 Å². The molecular weight excluding hydrogens is 188 g/mol. The van der Waals surface area contributed by atoms with Crippen molar-refractivity contribution in [2.75, 3.05) is 0 Å². The number of rotatable bonds is 2. The van der Waals surface area contributed by atoms with E-state index in [9.17, 15) is 0 Å². The van der Waals surface area contributed by atoms with Gasteiger partial charge in [0.05, 0.1) is 0 Å². The van der Waals surface area contributed by atoms with E-state index in [2.05, 4.69) is 42.1 Å². The van der Waals surface area contributed by atoms with Crippen LogP contribution in [0.1, 0.15) is 25.7 Å². The number of thioether (sulfide) groups is 1. The van der Waals surface area contributed by atoms with E-state index in [1.807, 2.05) is 0 Å². The quantitative estimate of drug-likeness (QED) is 0.702. The van der Waals surface area contributed by atoms with Crippen molar-refractivity contribution in [1.82, 2.24) is 0 Å². The molecule has 1 heteroatoms. The largest absolute Gasteiger partial charge is 0.122 e. The van der Waals surface area contributed by atoms with Gasteiger partial charge in [0.15, 0.2) is 0 Å². The van der Waals surface area contributed by atoms with Gasteiger partial charge in [0.1, 0.15) is 0 Å². The molecule has 2 unspecified atom stereocenters. The first kappa shape index (κ1) is 8.84. The van der Waals surface area contributed by atoms with Crippen molar-refractivity contribution in [2.24, 2.45) is 11.8 Å². The van der Waals surface area contributed by atoms with Crippen LogP contribution in [-0.2, 0) is 0 Å². The smallest absolute Gasteiger partial charge is 0.0157 e. The van der Waals surface area contributed by atoms with Crippen molar-refractivity contribution in [3.05, 3.63) is 30.3 Å². The lowest BCUT2D eigenvalue weighted by molar-refractivity contribution is 0.480. The fraction of sp³-hybridized carbons (Fsp3) is 0.538. The molecule has 2 aliphatic rings. The molecule has 0 radical (unpaired) electrons. The van der Waals surface area contributed by atoms with Gasteiger partial charge in [-0.1, -0.05) is 31.0 Å². The molecule has 0 heterocycles. The molecule has 1 aromatic rings. The molecule has 0 amide bonds. The summed E-state index contributed by atoms with van der Waals surface area (Å²) in [6.07, 6.45) is 5.95. The summed E-state index contributed by atoms with van der Waals surface area (Å²) in [6.45, 7) is 0. The summed E-state index contributed by atoms with van der Waals surface area (Å²) < 4.78 is 0. The van der Waals surface area contributed by atoms with E-state index in [0.717, 1.165) is 17.1 Å². The lowest BCUT2D eigenvalue weighted by Gasteiger charge is -2.04. The van der Waals surface area contributed by atoms with Crippen molar-refractivity contribution in [1.29, 1.82) is 0 Å².